The zero-order valence-electron chi connectivity index (χ0n) is 18.7. The average Bonchev–Trinajstić information content (AvgIpc) is 3.69. The first-order chi connectivity index (χ1) is 15.6. The van der Waals surface area contributed by atoms with E-state index in [1.807, 2.05) is 26.0 Å². The highest BCUT2D eigenvalue weighted by Gasteiger charge is 2.55. The minimum absolute atomic E-state index is 0. The first kappa shape index (κ1) is 20.7. The molecule has 1 aromatic heterocycles. The number of piperidine rings is 1. The highest BCUT2D eigenvalue weighted by molar-refractivity contribution is 5.98. The number of hydrogen-bond acceptors (Lipinski definition) is 4. The number of fused-ring (bicyclic) bond motifs is 1. The minimum Gasteiger partial charge on any atom is -0.370 e. The van der Waals surface area contributed by atoms with E-state index in [2.05, 4.69) is 45.9 Å². The van der Waals surface area contributed by atoms with Gasteiger partial charge < -0.3 is 10.2 Å². The van der Waals surface area contributed by atoms with Crippen LogP contribution in [0.15, 0.2) is 59.9 Å². The molecule has 2 fully saturated rings. The Labute approximate surface area is 191 Å². The number of carbonyl (C=O) groups excluding carboxylic acids is 1. The van der Waals surface area contributed by atoms with E-state index in [1.54, 1.807) is 24.5 Å². The molecule has 1 saturated carbocycles. The lowest BCUT2D eigenvalue weighted by molar-refractivity contribution is -0.116. The number of carbonyl (C=O) groups is 1. The van der Waals surface area contributed by atoms with Gasteiger partial charge in [-0.05, 0) is 73.4 Å². The van der Waals surface area contributed by atoms with Crippen LogP contribution in [0, 0.1) is 24.2 Å². The van der Waals surface area contributed by atoms with Crippen molar-refractivity contribution in [1.29, 1.82) is 0 Å². The number of pyridine rings is 1. The molecule has 5 rings (SSSR count). The molecule has 1 aromatic carbocycles. The smallest absolute Gasteiger partial charge is 0.244 e. The van der Waals surface area contributed by atoms with Crippen LogP contribution >= 0.6 is 0 Å². The first-order valence-electron chi connectivity index (χ1n) is 11.4. The van der Waals surface area contributed by atoms with E-state index in [1.165, 1.54) is 16.8 Å². The van der Waals surface area contributed by atoms with Gasteiger partial charge in [0.25, 0.3) is 0 Å². The molecule has 3 aliphatic rings. The second kappa shape index (κ2) is 8.73. The van der Waals surface area contributed by atoms with Crippen molar-refractivity contribution in [3.05, 3.63) is 72.4 Å². The Hall–Kier alpha value is -3.21. The number of nitrogens with one attached hydrogen (secondary N) is 1. The van der Waals surface area contributed by atoms with Crippen molar-refractivity contribution in [1.82, 2.24) is 10.3 Å². The van der Waals surface area contributed by atoms with E-state index >= 15 is 0 Å². The lowest BCUT2D eigenvalue weighted by atomic mass is 10.1. The van der Waals surface area contributed by atoms with Crippen LogP contribution in [0.5, 0.6) is 0 Å². The van der Waals surface area contributed by atoms with Gasteiger partial charge in [0.15, 0.2) is 0 Å². The van der Waals surface area contributed by atoms with Gasteiger partial charge in [-0.1, -0.05) is 18.2 Å². The Balaban J connectivity index is 0.00000259. The van der Waals surface area contributed by atoms with Crippen LogP contribution in [0.2, 0.25) is 0 Å². The molecule has 32 heavy (non-hydrogen) atoms. The van der Waals surface area contributed by atoms with Gasteiger partial charge >= 0.3 is 0 Å². The minimum atomic E-state index is -0.0384. The Morgan fingerprint density at radius 1 is 1.25 bits per heavy atom. The van der Waals surface area contributed by atoms with Crippen LogP contribution in [-0.4, -0.2) is 36.2 Å². The SMILES string of the molecule is CC(C)=Nc1cccc(N2C[C@@H]3C(CCNC(=O)/C=C/c4cccnc4)[C@@H]3C2)c1C1=C[CH]1.[HH]. The summed E-state index contributed by atoms with van der Waals surface area (Å²) in [4.78, 5) is 23.4. The fourth-order valence-electron chi connectivity index (χ4n) is 4.97. The lowest BCUT2D eigenvalue weighted by Gasteiger charge is -2.25. The van der Waals surface area contributed by atoms with Gasteiger partial charge in [-0.3, -0.25) is 14.8 Å². The van der Waals surface area contributed by atoms with Gasteiger partial charge in [-0.2, -0.15) is 0 Å². The zero-order chi connectivity index (χ0) is 22.1. The lowest BCUT2D eigenvalue weighted by Crippen LogP contribution is -2.27. The zero-order valence-corrected chi connectivity index (χ0v) is 18.7. The number of nitrogens with zero attached hydrogens (tertiary/aromatic N) is 3. The second-order valence-corrected chi connectivity index (χ2v) is 9.11. The number of amides is 1. The third-order valence-electron chi connectivity index (χ3n) is 6.59. The predicted octanol–water partition coefficient (Wildman–Crippen LogP) is 4.94. The standard InChI is InChI=1S/C27H29N4O.H2/c1-18(2)30-24-6-3-7-25(27(24)20-9-10-20)31-16-22-21(23(22)17-31)12-14-29-26(32)11-8-19-5-4-13-28-15-19;/h3-11,13,15,21-23H,12,14,16-17H2,1-2H3,(H,29,32);1H/b11-8+;/t21?,22-,23+;. The summed E-state index contributed by atoms with van der Waals surface area (Å²) in [6.45, 7) is 7.03. The van der Waals surface area contributed by atoms with Gasteiger partial charge in [0, 0.05) is 62.9 Å². The summed E-state index contributed by atoms with van der Waals surface area (Å²) in [6.07, 6.45) is 12.3. The molecule has 1 N–H and O–H groups in total. The molecule has 1 radical (unpaired) electrons. The number of allylic oxidation sites excluding steroid dienone is 2. The average molecular weight is 428 g/mol. The number of hydrogen-bond donors (Lipinski definition) is 1. The normalized spacial score (nSPS) is 23.0. The molecule has 1 unspecified atom stereocenters. The molecule has 0 spiro atoms. The number of aliphatic imine (C=N–C) groups is 1. The maximum absolute atomic E-state index is 12.1. The molecule has 165 valence electrons. The second-order valence-electron chi connectivity index (χ2n) is 9.11. The van der Waals surface area contributed by atoms with Crippen LogP contribution in [0.25, 0.3) is 11.6 Å². The molecule has 2 heterocycles. The molecule has 5 nitrogen and oxygen atoms in total. The Bertz CT molecular complexity index is 1090. The summed E-state index contributed by atoms with van der Waals surface area (Å²) < 4.78 is 0. The van der Waals surface area contributed by atoms with Crippen molar-refractivity contribution in [2.75, 3.05) is 24.5 Å². The van der Waals surface area contributed by atoms with E-state index in [-0.39, 0.29) is 7.33 Å². The molecule has 2 aliphatic carbocycles. The molecular formula is C27H31N4O. The molecule has 5 heteroatoms. The maximum atomic E-state index is 12.1. The summed E-state index contributed by atoms with van der Waals surface area (Å²) in [5.74, 6) is 2.16. The number of rotatable bonds is 8. The number of aromatic nitrogens is 1. The topological polar surface area (TPSA) is 57.6 Å². The highest BCUT2D eigenvalue weighted by Crippen LogP contribution is 2.55. The number of anilines is 1. The fourth-order valence-corrected chi connectivity index (χ4v) is 4.97. The third kappa shape index (κ3) is 4.52. The van der Waals surface area contributed by atoms with Crippen molar-refractivity contribution < 1.29 is 6.22 Å². The van der Waals surface area contributed by atoms with E-state index in [4.69, 9.17) is 4.99 Å². The van der Waals surface area contributed by atoms with E-state index in [0.717, 1.165) is 60.8 Å². The number of benzene rings is 1. The van der Waals surface area contributed by atoms with Crippen LogP contribution in [-0.2, 0) is 4.79 Å². The van der Waals surface area contributed by atoms with Gasteiger partial charge in [-0.15, -0.1) is 0 Å². The monoisotopic (exact) mass is 427 g/mol. The quantitative estimate of drug-likeness (QED) is 0.479. The van der Waals surface area contributed by atoms with Crippen LogP contribution in [0.3, 0.4) is 0 Å². The van der Waals surface area contributed by atoms with Crippen molar-refractivity contribution in [2.45, 2.75) is 20.3 Å². The fraction of sp³-hybridized carbons (Fsp3) is 0.333. The van der Waals surface area contributed by atoms with Crippen molar-refractivity contribution in [2.24, 2.45) is 22.7 Å². The van der Waals surface area contributed by atoms with E-state index in [9.17, 15) is 4.79 Å². The van der Waals surface area contributed by atoms with Crippen molar-refractivity contribution >= 4 is 34.6 Å². The summed E-state index contributed by atoms with van der Waals surface area (Å²) in [6, 6.07) is 10.3. The third-order valence-corrected chi connectivity index (χ3v) is 6.59. The van der Waals surface area contributed by atoms with E-state index in [0.29, 0.717) is 0 Å². The largest absolute Gasteiger partial charge is 0.370 e. The summed E-state index contributed by atoms with van der Waals surface area (Å²) >= 11 is 0. The van der Waals surface area contributed by atoms with Gasteiger partial charge in [0.1, 0.15) is 0 Å². The highest BCUT2D eigenvalue weighted by atomic mass is 16.1. The first-order valence-corrected chi connectivity index (χ1v) is 11.4. The predicted molar refractivity (Wildman–Crippen MR) is 133 cm³/mol. The van der Waals surface area contributed by atoms with Gasteiger partial charge in [0.2, 0.25) is 5.91 Å². The van der Waals surface area contributed by atoms with Crippen molar-refractivity contribution in [3.63, 3.8) is 0 Å². The molecule has 1 amide bonds. The molecule has 1 saturated heterocycles. The van der Waals surface area contributed by atoms with Crippen LogP contribution in [0.4, 0.5) is 11.4 Å². The molecular weight excluding hydrogens is 396 g/mol. The Morgan fingerprint density at radius 2 is 2.06 bits per heavy atom. The van der Waals surface area contributed by atoms with Crippen LogP contribution < -0.4 is 10.2 Å². The molecule has 1 aliphatic heterocycles. The Morgan fingerprint density at radius 3 is 2.75 bits per heavy atom. The van der Waals surface area contributed by atoms with Crippen molar-refractivity contribution in [3.8, 4) is 0 Å². The summed E-state index contributed by atoms with van der Waals surface area (Å²) in [5, 5.41) is 3.03. The molecule has 2 aromatic rings. The van der Waals surface area contributed by atoms with Crippen LogP contribution in [0.1, 0.15) is 32.8 Å². The summed E-state index contributed by atoms with van der Waals surface area (Å²) in [5.41, 5.74) is 6.97. The Kier molecular flexibility index (Phi) is 5.64. The van der Waals surface area contributed by atoms with Gasteiger partial charge in [-0.25, -0.2) is 0 Å². The maximum Gasteiger partial charge on any atom is 0.244 e. The molecule has 0 bridgehead atoms. The summed E-state index contributed by atoms with van der Waals surface area (Å²) in [7, 11) is 0. The molecule has 3 atom stereocenters. The van der Waals surface area contributed by atoms with E-state index < -0.39 is 0 Å². The van der Waals surface area contributed by atoms with Gasteiger partial charge in [0.05, 0.1) is 5.69 Å².